The van der Waals surface area contributed by atoms with E-state index in [9.17, 15) is 27.6 Å². The maximum atomic E-state index is 14.6. The lowest BCUT2D eigenvalue weighted by molar-refractivity contribution is -0.146. The Hall–Kier alpha value is -4.44. The van der Waals surface area contributed by atoms with E-state index in [1.54, 1.807) is 80.0 Å². The average molecular weight is 758 g/mol. The molecule has 16 heteroatoms. The van der Waals surface area contributed by atoms with Gasteiger partial charge in [-0.1, -0.05) is 6.08 Å². The summed E-state index contributed by atoms with van der Waals surface area (Å²) >= 11 is 0. The second-order valence-electron chi connectivity index (χ2n) is 15.9. The lowest BCUT2D eigenvalue weighted by Gasteiger charge is -2.35. The number of fused-ring (bicyclic) bond motifs is 1. The van der Waals surface area contributed by atoms with Crippen molar-refractivity contribution in [2.75, 3.05) is 13.7 Å². The zero-order valence-electron chi connectivity index (χ0n) is 31.6. The monoisotopic (exact) mass is 757 g/mol. The molecule has 3 fully saturated rings. The highest BCUT2D eigenvalue weighted by molar-refractivity contribution is 7.91. The first-order valence-electron chi connectivity index (χ1n) is 17.7. The van der Waals surface area contributed by atoms with Crippen LogP contribution in [0.3, 0.4) is 0 Å². The fourth-order valence-corrected chi connectivity index (χ4v) is 7.88. The van der Waals surface area contributed by atoms with Crippen molar-refractivity contribution >= 4 is 44.6 Å². The molecule has 2 aromatic rings. The van der Waals surface area contributed by atoms with Crippen LogP contribution in [0.1, 0.15) is 74.1 Å². The number of carbonyl (C=O) groups is 4. The van der Waals surface area contributed by atoms with Crippen molar-refractivity contribution in [1.29, 1.82) is 0 Å². The first-order chi connectivity index (χ1) is 24.7. The Bertz CT molecular complexity index is 1870. The molecule has 1 aromatic heterocycles. The number of nitrogens with zero attached hydrogens (tertiary/aromatic N) is 2. The molecule has 6 atom stereocenters. The maximum Gasteiger partial charge on any atom is 0.408 e. The number of hydrogen-bond acceptors (Lipinski definition) is 11. The van der Waals surface area contributed by atoms with Crippen LogP contribution in [0.5, 0.6) is 11.6 Å². The first kappa shape index (κ1) is 39.8. The van der Waals surface area contributed by atoms with Gasteiger partial charge in [-0.15, -0.1) is 6.58 Å². The third kappa shape index (κ3) is 9.39. The van der Waals surface area contributed by atoms with Gasteiger partial charge in [0.25, 0.3) is 5.91 Å². The van der Waals surface area contributed by atoms with Crippen molar-refractivity contribution < 1.29 is 46.5 Å². The van der Waals surface area contributed by atoms with Crippen LogP contribution in [0, 0.1) is 5.92 Å². The number of nitrogens with one attached hydrogen (secondary N) is 3. The number of methoxy groups -OCH3 is 1. The molecule has 4 amide bonds. The summed E-state index contributed by atoms with van der Waals surface area (Å²) in [5.41, 5.74) is -3.17. The van der Waals surface area contributed by atoms with E-state index in [0.29, 0.717) is 24.0 Å². The van der Waals surface area contributed by atoms with E-state index in [1.807, 2.05) is 6.07 Å². The highest BCUT2D eigenvalue weighted by Crippen LogP contribution is 2.45. The summed E-state index contributed by atoms with van der Waals surface area (Å²) in [7, 11) is -2.36. The number of hydrogen-bond donors (Lipinski definition) is 3. The minimum Gasteiger partial charge on any atom is -0.497 e. The average Bonchev–Trinajstić information content (AvgIpc) is 3.98. The number of carbonyl (C=O) groups excluding carboxylic acids is 4. The van der Waals surface area contributed by atoms with E-state index < -0.39 is 86.0 Å². The van der Waals surface area contributed by atoms with Gasteiger partial charge in [-0.3, -0.25) is 19.1 Å². The molecule has 290 valence electrons. The topological polar surface area (TPSA) is 192 Å². The summed E-state index contributed by atoms with van der Waals surface area (Å²) in [4.78, 5) is 61.2. The molecule has 1 saturated heterocycles. The summed E-state index contributed by atoms with van der Waals surface area (Å²) < 4.78 is 50.9. The lowest BCUT2D eigenvalue weighted by atomic mass is 10.1. The van der Waals surface area contributed by atoms with E-state index >= 15 is 0 Å². The Balaban J connectivity index is 1.47. The van der Waals surface area contributed by atoms with Gasteiger partial charge in [0.05, 0.1) is 30.6 Å². The Labute approximate surface area is 310 Å². The number of rotatable bonds is 13. The molecular formula is C37H51N5O10S. The second kappa shape index (κ2) is 14.8. The van der Waals surface area contributed by atoms with Crippen LogP contribution in [0.2, 0.25) is 0 Å². The van der Waals surface area contributed by atoms with Gasteiger partial charge in [0.2, 0.25) is 27.7 Å². The molecule has 3 aliphatic rings. The SMILES string of the molecule is C=C[C@H]1C[C@@]1(NC(=O)[C@H]1C[C@@H](Oc2nccc3cc(OC)ccc23)CN1C(=O)[C@@H](NC(=O)OC(C)(C)C)[C@H](C)OC(C)(C)C)C(=O)NS(=O)(=O)C1CC1. The molecule has 3 N–H and O–H groups in total. The van der Waals surface area contributed by atoms with Crippen LogP contribution < -0.4 is 24.8 Å². The number of sulfonamides is 1. The van der Waals surface area contributed by atoms with Crippen LogP contribution >= 0.6 is 0 Å². The van der Waals surface area contributed by atoms with Gasteiger partial charge in [-0.2, -0.15) is 0 Å². The minimum absolute atomic E-state index is 0.0176. The number of pyridine rings is 1. The van der Waals surface area contributed by atoms with Gasteiger partial charge in [0, 0.05) is 23.9 Å². The molecular weight excluding hydrogens is 706 g/mol. The summed E-state index contributed by atoms with van der Waals surface area (Å²) in [6.07, 6.45) is 1.56. The number of aromatic nitrogens is 1. The van der Waals surface area contributed by atoms with Gasteiger partial charge >= 0.3 is 6.09 Å². The number of amides is 4. The normalized spacial score (nSPS) is 24.1. The van der Waals surface area contributed by atoms with Crippen molar-refractivity contribution in [3.63, 3.8) is 0 Å². The number of likely N-dealkylation sites (tertiary alicyclic amines) is 1. The molecule has 5 rings (SSSR count). The number of benzene rings is 1. The Kier molecular flexibility index (Phi) is 11.1. The molecule has 2 heterocycles. The summed E-state index contributed by atoms with van der Waals surface area (Å²) in [6, 6.07) is 4.68. The number of alkyl carbamates (subject to hydrolysis) is 1. The fraction of sp³-hybridized carbons (Fsp3) is 0.595. The first-order valence-corrected chi connectivity index (χ1v) is 19.3. The van der Waals surface area contributed by atoms with Gasteiger partial charge in [0.1, 0.15) is 35.1 Å². The maximum absolute atomic E-state index is 14.6. The molecule has 1 aliphatic heterocycles. The van der Waals surface area contributed by atoms with Crippen LogP contribution in [-0.4, -0.2) is 102 Å². The largest absolute Gasteiger partial charge is 0.497 e. The van der Waals surface area contributed by atoms with Gasteiger partial charge in [-0.25, -0.2) is 18.2 Å². The van der Waals surface area contributed by atoms with Crippen molar-refractivity contribution in [2.24, 2.45) is 5.92 Å². The van der Waals surface area contributed by atoms with E-state index in [-0.39, 0.29) is 25.3 Å². The predicted octanol–water partition coefficient (Wildman–Crippen LogP) is 3.36. The Morgan fingerprint density at radius 2 is 1.77 bits per heavy atom. The van der Waals surface area contributed by atoms with E-state index in [2.05, 4.69) is 26.9 Å². The summed E-state index contributed by atoms with van der Waals surface area (Å²) in [5, 5.41) is 6.24. The van der Waals surface area contributed by atoms with E-state index in [0.717, 1.165) is 5.39 Å². The molecule has 0 radical (unpaired) electrons. The van der Waals surface area contributed by atoms with Crippen molar-refractivity contribution in [3.05, 3.63) is 43.1 Å². The molecule has 53 heavy (non-hydrogen) atoms. The Morgan fingerprint density at radius 1 is 1.08 bits per heavy atom. The third-order valence-electron chi connectivity index (χ3n) is 9.26. The third-order valence-corrected chi connectivity index (χ3v) is 11.1. The van der Waals surface area contributed by atoms with Gasteiger partial charge in [0.15, 0.2) is 0 Å². The smallest absolute Gasteiger partial charge is 0.408 e. The van der Waals surface area contributed by atoms with E-state index in [1.165, 1.54) is 11.0 Å². The highest BCUT2D eigenvalue weighted by atomic mass is 32.2. The quantitative estimate of drug-likeness (QED) is 0.254. The molecule has 1 aromatic carbocycles. The molecule has 2 aliphatic carbocycles. The molecule has 15 nitrogen and oxygen atoms in total. The molecule has 0 spiro atoms. The van der Waals surface area contributed by atoms with Crippen LogP contribution in [0.4, 0.5) is 4.79 Å². The molecule has 0 bridgehead atoms. The van der Waals surface area contributed by atoms with Crippen LogP contribution in [-0.2, 0) is 33.9 Å². The number of ether oxygens (including phenoxy) is 4. The van der Waals surface area contributed by atoms with Gasteiger partial charge in [-0.05, 0) is 97.4 Å². The molecule has 0 unspecified atom stereocenters. The van der Waals surface area contributed by atoms with Crippen molar-refractivity contribution in [3.8, 4) is 11.6 Å². The van der Waals surface area contributed by atoms with E-state index in [4.69, 9.17) is 18.9 Å². The minimum atomic E-state index is -3.92. The second-order valence-corrected chi connectivity index (χ2v) is 17.9. The zero-order valence-corrected chi connectivity index (χ0v) is 32.4. The summed E-state index contributed by atoms with van der Waals surface area (Å²) in [5.74, 6) is -1.86. The van der Waals surface area contributed by atoms with Crippen molar-refractivity contribution in [1.82, 2.24) is 25.2 Å². The summed E-state index contributed by atoms with van der Waals surface area (Å²) in [6.45, 7) is 15.8. The van der Waals surface area contributed by atoms with Crippen LogP contribution in [0.15, 0.2) is 43.1 Å². The zero-order chi connectivity index (χ0) is 39.1. The fourth-order valence-electron chi connectivity index (χ4n) is 6.52. The predicted molar refractivity (Wildman–Crippen MR) is 196 cm³/mol. The standard InChI is InChI=1S/C37H51N5O10S/c1-10-23-19-37(23,33(45)41-53(47,48)26-12-13-26)40-30(43)28-18-25(50-31-27-14-11-24(49-9)17-22(27)15-16-38-31)20-42(28)32(44)29(21(2)51-35(3,4)5)39-34(46)52-36(6,7)8/h10-11,14-17,21,23,25-26,28-29H,1,12-13,18-20H2,2-9H3,(H,39,46)(H,40,43)(H,41,45)/t21-,23-,25+,28+,29-,37-/m0/s1. The van der Waals surface area contributed by atoms with Crippen LogP contribution in [0.25, 0.3) is 10.8 Å². The van der Waals surface area contributed by atoms with Gasteiger partial charge < -0.3 is 34.5 Å². The highest BCUT2D eigenvalue weighted by Gasteiger charge is 2.62. The molecule has 2 saturated carbocycles. The lowest BCUT2D eigenvalue weighted by Crippen LogP contribution is -2.60. The Morgan fingerprint density at radius 3 is 2.36 bits per heavy atom. The van der Waals surface area contributed by atoms with Crippen molar-refractivity contribution in [2.45, 2.75) is 120 Å².